The Kier molecular flexibility index (Phi) is 11.4. The van der Waals surface area contributed by atoms with Crippen LogP contribution in [0, 0.1) is 5.92 Å². The van der Waals surface area contributed by atoms with Crippen LogP contribution in [0.4, 0.5) is 10.5 Å². The molecule has 270 valence electrons. The number of nitrogens with one attached hydrogen (secondary N) is 1. The van der Waals surface area contributed by atoms with Gasteiger partial charge in [-0.2, -0.15) is 0 Å². The van der Waals surface area contributed by atoms with Crippen molar-refractivity contribution in [2.75, 3.05) is 78.4 Å². The molecule has 0 unspecified atom stereocenters. The van der Waals surface area contributed by atoms with E-state index in [9.17, 15) is 19.2 Å². The van der Waals surface area contributed by atoms with Gasteiger partial charge in [0.1, 0.15) is 0 Å². The molecule has 4 aliphatic rings. The number of piperidine rings is 2. The summed E-state index contributed by atoms with van der Waals surface area (Å²) >= 11 is 0. The van der Waals surface area contributed by atoms with E-state index >= 15 is 0 Å². The Hall–Kier alpha value is -4.36. The van der Waals surface area contributed by atoms with E-state index in [1.165, 1.54) is 0 Å². The van der Waals surface area contributed by atoms with Gasteiger partial charge < -0.3 is 34.6 Å². The third kappa shape index (κ3) is 8.32. The van der Waals surface area contributed by atoms with Crippen LogP contribution in [-0.2, 0) is 27.3 Å². The van der Waals surface area contributed by atoms with Crippen LogP contribution in [0.25, 0.3) is 0 Å². The highest BCUT2D eigenvalue weighted by atomic mass is 16.5. The molecule has 4 aliphatic heterocycles. The number of piperazine rings is 1. The van der Waals surface area contributed by atoms with Crippen molar-refractivity contribution in [2.45, 2.75) is 57.2 Å². The quantitative estimate of drug-likeness (QED) is 0.365. The predicted molar refractivity (Wildman–Crippen MR) is 187 cm³/mol. The third-order valence-electron chi connectivity index (χ3n) is 10.9. The Balaban J connectivity index is 1.07. The molecule has 0 bridgehead atoms. The fourth-order valence-corrected chi connectivity index (χ4v) is 8.01. The number of fused-ring (bicyclic) bond motifs is 1. The lowest BCUT2D eigenvalue weighted by Gasteiger charge is -2.43. The number of amides is 4. The largest absolute Gasteiger partial charge is 0.493 e. The second-order valence-electron chi connectivity index (χ2n) is 13.9. The summed E-state index contributed by atoms with van der Waals surface area (Å²) in [6.45, 7) is 6.08. The molecule has 2 aromatic carbocycles. The van der Waals surface area contributed by atoms with Gasteiger partial charge in [0.15, 0.2) is 11.5 Å². The van der Waals surface area contributed by atoms with Crippen molar-refractivity contribution in [3.63, 3.8) is 0 Å². The van der Waals surface area contributed by atoms with E-state index in [1.807, 2.05) is 62.1 Å². The SMILES string of the molecule is COc1ccc(C[C@H](CC(=O)N2CCC(N3Cc4ccccc4NC3=O)CC2)C(=O)N2CCC(N3CCN(CC(=O)O)CC3)CC2)cc1OC. The molecule has 1 atom stereocenters. The molecule has 0 aliphatic carbocycles. The number of hydrogen-bond donors (Lipinski definition) is 2. The van der Waals surface area contributed by atoms with E-state index in [0.717, 1.165) is 55.8 Å². The minimum atomic E-state index is -0.797. The molecular weight excluding hydrogens is 640 g/mol. The molecule has 13 nitrogen and oxygen atoms in total. The molecule has 6 rings (SSSR count). The van der Waals surface area contributed by atoms with E-state index in [4.69, 9.17) is 14.6 Å². The van der Waals surface area contributed by atoms with Crippen LogP contribution in [0.3, 0.4) is 0 Å². The van der Waals surface area contributed by atoms with Crippen LogP contribution in [0.15, 0.2) is 42.5 Å². The Morgan fingerprint density at radius 2 is 1.50 bits per heavy atom. The highest BCUT2D eigenvalue weighted by Crippen LogP contribution is 2.31. The van der Waals surface area contributed by atoms with Crippen LogP contribution >= 0.6 is 0 Å². The molecule has 3 fully saturated rings. The maximum Gasteiger partial charge on any atom is 0.322 e. The maximum absolute atomic E-state index is 14.2. The maximum atomic E-state index is 14.2. The zero-order valence-electron chi connectivity index (χ0n) is 29.2. The molecule has 2 aromatic rings. The summed E-state index contributed by atoms with van der Waals surface area (Å²) in [5.74, 6) is -0.179. The van der Waals surface area contributed by atoms with Gasteiger partial charge in [0.05, 0.1) is 26.7 Å². The zero-order valence-corrected chi connectivity index (χ0v) is 29.2. The number of likely N-dealkylation sites (tertiary alicyclic amines) is 2. The number of anilines is 1. The van der Waals surface area contributed by atoms with Crippen molar-refractivity contribution in [1.82, 2.24) is 24.5 Å². The van der Waals surface area contributed by atoms with Gasteiger partial charge in [-0.05, 0) is 61.4 Å². The lowest BCUT2D eigenvalue weighted by molar-refractivity contribution is -0.143. The number of aliphatic carboxylic acids is 1. The van der Waals surface area contributed by atoms with E-state index in [0.29, 0.717) is 69.5 Å². The molecule has 0 spiro atoms. The fraction of sp³-hybridized carbons (Fsp3) is 0.568. The van der Waals surface area contributed by atoms with Crippen LogP contribution in [0.1, 0.15) is 43.2 Å². The first kappa shape index (κ1) is 35.5. The summed E-state index contributed by atoms with van der Waals surface area (Å²) in [6, 6.07) is 13.8. The van der Waals surface area contributed by atoms with Gasteiger partial charge in [-0.1, -0.05) is 24.3 Å². The second-order valence-corrected chi connectivity index (χ2v) is 13.9. The normalized spacial score (nSPS) is 20.2. The number of hydrogen-bond acceptors (Lipinski definition) is 8. The van der Waals surface area contributed by atoms with Gasteiger partial charge in [-0.3, -0.25) is 24.2 Å². The number of carbonyl (C=O) groups is 4. The van der Waals surface area contributed by atoms with Gasteiger partial charge in [0.2, 0.25) is 11.8 Å². The van der Waals surface area contributed by atoms with Gasteiger partial charge in [0.25, 0.3) is 0 Å². The smallest absolute Gasteiger partial charge is 0.322 e. The molecule has 0 aromatic heterocycles. The number of methoxy groups -OCH3 is 2. The minimum absolute atomic E-state index is 0.00333. The van der Waals surface area contributed by atoms with Gasteiger partial charge >= 0.3 is 12.0 Å². The van der Waals surface area contributed by atoms with Crippen LogP contribution in [0.5, 0.6) is 11.5 Å². The third-order valence-corrected chi connectivity index (χ3v) is 10.9. The lowest BCUT2D eigenvalue weighted by Crippen LogP contribution is -2.55. The standard InChI is InChI=1S/C37H50N6O7/c1-49-32-8-7-26(22-33(32)50-2)21-28(36(47)42-15-9-29(10-16-42)40-19-17-39(18-20-40)25-35(45)46)23-34(44)41-13-11-30(12-14-41)43-24-27-5-3-4-6-31(27)38-37(43)48/h3-8,22,28-30H,9-21,23-25H2,1-2H3,(H,38,48)(H,45,46)/t28-/m1/s1. The Labute approximate surface area is 294 Å². The number of para-hydroxylation sites is 1. The number of carboxylic acid groups (broad SMARTS) is 1. The second kappa shape index (κ2) is 16.1. The number of carboxylic acids is 1. The summed E-state index contributed by atoms with van der Waals surface area (Å²) in [4.78, 5) is 62.1. The Bertz CT molecular complexity index is 1530. The summed E-state index contributed by atoms with van der Waals surface area (Å²) in [5, 5.41) is 12.1. The van der Waals surface area contributed by atoms with E-state index < -0.39 is 11.9 Å². The molecule has 4 amide bonds. The van der Waals surface area contributed by atoms with E-state index in [2.05, 4.69) is 10.2 Å². The van der Waals surface area contributed by atoms with Crippen LogP contribution in [0.2, 0.25) is 0 Å². The van der Waals surface area contributed by atoms with Crippen molar-refractivity contribution in [3.05, 3.63) is 53.6 Å². The molecule has 0 saturated carbocycles. The number of nitrogens with zero attached hydrogens (tertiary/aromatic N) is 5. The number of benzene rings is 2. The Morgan fingerprint density at radius 1 is 0.840 bits per heavy atom. The molecule has 4 heterocycles. The average molecular weight is 691 g/mol. The van der Waals surface area contributed by atoms with Crippen LogP contribution < -0.4 is 14.8 Å². The van der Waals surface area contributed by atoms with Crippen molar-refractivity contribution in [1.29, 1.82) is 0 Å². The highest BCUT2D eigenvalue weighted by molar-refractivity contribution is 5.92. The molecule has 13 heteroatoms. The van der Waals surface area contributed by atoms with Gasteiger partial charge in [-0.25, -0.2) is 4.79 Å². The van der Waals surface area contributed by atoms with Crippen molar-refractivity contribution < 1.29 is 33.8 Å². The van der Waals surface area contributed by atoms with E-state index in [-0.39, 0.29) is 36.9 Å². The number of urea groups is 1. The number of carbonyl (C=O) groups excluding carboxylic acids is 3. The van der Waals surface area contributed by atoms with Crippen molar-refractivity contribution >= 4 is 29.5 Å². The number of rotatable bonds is 11. The summed E-state index contributed by atoms with van der Waals surface area (Å²) in [6.07, 6.45) is 3.59. The predicted octanol–water partition coefficient (Wildman–Crippen LogP) is 2.98. The molecule has 0 radical (unpaired) electrons. The minimum Gasteiger partial charge on any atom is -0.493 e. The molecule has 2 N–H and O–H groups in total. The fourth-order valence-electron chi connectivity index (χ4n) is 8.01. The highest BCUT2D eigenvalue weighted by Gasteiger charge is 2.36. The molecule has 50 heavy (non-hydrogen) atoms. The average Bonchev–Trinajstić information content (AvgIpc) is 3.14. The van der Waals surface area contributed by atoms with Gasteiger partial charge in [-0.15, -0.1) is 0 Å². The first-order chi connectivity index (χ1) is 24.2. The summed E-state index contributed by atoms with van der Waals surface area (Å²) in [7, 11) is 3.17. The zero-order chi connectivity index (χ0) is 35.2. The Morgan fingerprint density at radius 3 is 2.18 bits per heavy atom. The van der Waals surface area contributed by atoms with Crippen LogP contribution in [-0.4, -0.2) is 139 Å². The summed E-state index contributed by atoms with van der Waals surface area (Å²) < 4.78 is 10.9. The summed E-state index contributed by atoms with van der Waals surface area (Å²) in [5.41, 5.74) is 2.84. The van der Waals surface area contributed by atoms with Crippen molar-refractivity contribution in [2.24, 2.45) is 5.92 Å². The number of ether oxygens (including phenoxy) is 2. The van der Waals surface area contributed by atoms with Crippen molar-refractivity contribution in [3.8, 4) is 11.5 Å². The topological polar surface area (TPSA) is 135 Å². The first-order valence-electron chi connectivity index (χ1n) is 17.8. The molecular formula is C37H50N6O7. The molecule has 3 saturated heterocycles. The van der Waals surface area contributed by atoms with E-state index in [1.54, 1.807) is 14.2 Å². The first-order valence-corrected chi connectivity index (χ1v) is 17.8. The monoisotopic (exact) mass is 690 g/mol. The lowest BCUT2D eigenvalue weighted by atomic mass is 9.91. The van der Waals surface area contributed by atoms with Gasteiger partial charge in [0, 0.05) is 83.1 Å².